The van der Waals surface area contributed by atoms with Gasteiger partial charge in [-0.05, 0) is 42.5 Å². The first-order valence-corrected chi connectivity index (χ1v) is 9.41. The largest absolute Gasteiger partial charge is 0.497 e. The van der Waals surface area contributed by atoms with Gasteiger partial charge < -0.3 is 20.0 Å². The van der Waals surface area contributed by atoms with Gasteiger partial charge in [-0.1, -0.05) is 17.3 Å². The van der Waals surface area contributed by atoms with Crippen LogP contribution in [0.25, 0.3) is 0 Å². The minimum absolute atomic E-state index is 0.0644. The highest BCUT2D eigenvalue weighted by Gasteiger charge is 2.30. The average Bonchev–Trinajstić information content (AvgIpc) is 2.82. The Kier molecular flexibility index (Phi) is 7.00. The second kappa shape index (κ2) is 9.90. The number of oxime groups is 1. The number of nitro benzene ring substituents is 1. The third kappa shape index (κ3) is 5.79. The zero-order valence-electron chi connectivity index (χ0n) is 17.4. The second-order valence-corrected chi connectivity index (χ2v) is 6.65. The maximum Gasteiger partial charge on any atom is 0.416 e. The van der Waals surface area contributed by atoms with Gasteiger partial charge >= 0.3 is 12.1 Å². The maximum absolute atomic E-state index is 12.7. The molecule has 3 rings (SSSR count). The van der Waals surface area contributed by atoms with Crippen molar-refractivity contribution in [1.82, 2.24) is 0 Å². The highest BCUT2D eigenvalue weighted by atomic mass is 19.4. The third-order valence-corrected chi connectivity index (χ3v) is 4.42. The summed E-state index contributed by atoms with van der Waals surface area (Å²) in [6, 6.07) is 13.3. The summed E-state index contributed by atoms with van der Waals surface area (Å²) in [7, 11) is 1.48. The number of nitro groups is 1. The van der Waals surface area contributed by atoms with Gasteiger partial charge in [-0.25, -0.2) is 4.79 Å². The van der Waals surface area contributed by atoms with E-state index >= 15 is 0 Å². The second-order valence-electron chi connectivity index (χ2n) is 6.65. The molecule has 3 aromatic carbocycles. The van der Waals surface area contributed by atoms with Crippen LogP contribution in [0.3, 0.4) is 0 Å². The lowest BCUT2D eigenvalue weighted by Crippen LogP contribution is -2.16. The van der Waals surface area contributed by atoms with E-state index in [1.807, 2.05) is 0 Å². The fourth-order valence-corrected chi connectivity index (χ4v) is 2.67. The number of nitrogens with two attached hydrogens (primary N) is 1. The van der Waals surface area contributed by atoms with E-state index in [1.165, 1.54) is 13.2 Å². The van der Waals surface area contributed by atoms with Crippen LogP contribution in [-0.2, 0) is 11.0 Å². The molecule has 3 aromatic rings. The van der Waals surface area contributed by atoms with Crippen LogP contribution in [0, 0.1) is 10.1 Å². The van der Waals surface area contributed by atoms with Crippen LogP contribution in [0.15, 0.2) is 71.9 Å². The summed E-state index contributed by atoms with van der Waals surface area (Å²) >= 11 is 0. The minimum Gasteiger partial charge on any atom is -0.497 e. The van der Waals surface area contributed by atoms with Crippen molar-refractivity contribution in [2.45, 2.75) is 6.18 Å². The Morgan fingerprint density at radius 1 is 1.00 bits per heavy atom. The number of ether oxygens (including phenoxy) is 2. The maximum atomic E-state index is 12.7. The molecule has 0 bridgehead atoms. The molecule has 0 heterocycles. The number of benzene rings is 3. The summed E-state index contributed by atoms with van der Waals surface area (Å²) < 4.78 is 48.7. The number of rotatable bonds is 7. The molecule has 12 heteroatoms. The van der Waals surface area contributed by atoms with E-state index in [2.05, 4.69) is 5.16 Å². The van der Waals surface area contributed by atoms with Crippen molar-refractivity contribution in [3.63, 3.8) is 0 Å². The Hall–Kier alpha value is -4.61. The molecule has 0 atom stereocenters. The first-order chi connectivity index (χ1) is 16.1. The fourth-order valence-electron chi connectivity index (χ4n) is 2.67. The van der Waals surface area contributed by atoms with Crippen molar-refractivity contribution in [3.8, 4) is 17.2 Å². The molecule has 0 aliphatic rings. The summed E-state index contributed by atoms with van der Waals surface area (Å²) in [6.45, 7) is 0. The Morgan fingerprint density at radius 2 is 1.62 bits per heavy atom. The first kappa shape index (κ1) is 24.0. The van der Waals surface area contributed by atoms with Crippen molar-refractivity contribution in [3.05, 3.63) is 93.5 Å². The van der Waals surface area contributed by atoms with E-state index in [9.17, 15) is 28.1 Å². The van der Waals surface area contributed by atoms with Gasteiger partial charge in [0.2, 0.25) is 0 Å². The molecule has 0 aliphatic heterocycles. The molecule has 34 heavy (non-hydrogen) atoms. The van der Waals surface area contributed by atoms with Gasteiger partial charge in [-0.15, -0.1) is 0 Å². The lowest BCUT2D eigenvalue weighted by atomic mass is 10.1. The summed E-state index contributed by atoms with van der Waals surface area (Å²) in [4.78, 5) is 27.8. The van der Waals surface area contributed by atoms with Gasteiger partial charge in [-0.3, -0.25) is 10.1 Å². The Balaban J connectivity index is 1.84. The number of hydrogen-bond acceptors (Lipinski definition) is 7. The predicted octanol–water partition coefficient (Wildman–Crippen LogP) is 4.89. The van der Waals surface area contributed by atoms with E-state index in [-0.39, 0.29) is 22.7 Å². The highest BCUT2D eigenvalue weighted by Crippen LogP contribution is 2.31. The topological polar surface area (TPSA) is 126 Å². The van der Waals surface area contributed by atoms with Crippen molar-refractivity contribution >= 4 is 17.5 Å². The van der Waals surface area contributed by atoms with Crippen molar-refractivity contribution < 1.29 is 37.2 Å². The van der Waals surface area contributed by atoms with Crippen molar-refractivity contribution in [1.29, 1.82) is 0 Å². The van der Waals surface area contributed by atoms with Crippen LogP contribution in [0.2, 0.25) is 0 Å². The monoisotopic (exact) mass is 475 g/mol. The molecule has 0 saturated heterocycles. The number of non-ortho nitro benzene ring substituents is 1. The normalized spacial score (nSPS) is 11.6. The SMILES string of the molecule is COc1ccc(Oc2ccc([N+](=O)[O-])cc2C(=O)O/N=C(\N)c2ccc(C(F)(F)F)cc2)cc1. The van der Waals surface area contributed by atoms with Crippen LogP contribution < -0.4 is 15.2 Å². The van der Waals surface area contributed by atoms with Gasteiger partial charge in [0.05, 0.1) is 17.6 Å². The Morgan fingerprint density at radius 3 is 2.18 bits per heavy atom. The van der Waals surface area contributed by atoms with Crippen LogP contribution in [0.5, 0.6) is 17.2 Å². The molecule has 0 aliphatic carbocycles. The van der Waals surface area contributed by atoms with Crippen LogP contribution in [0.1, 0.15) is 21.5 Å². The highest BCUT2D eigenvalue weighted by molar-refractivity contribution is 5.98. The van der Waals surface area contributed by atoms with Gasteiger partial charge in [0.1, 0.15) is 22.8 Å². The van der Waals surface area contributed by atoms with E-state index in [4.69, 9.17) is 20.0 Å². The van der Waals surface area contributed by atoms with Crippen molar-refractivity contribution in [2.75, 3.05) is 7.11 Å². The molecule has 0 amide bonds. The van der Waals surface area contributed by atoms with Crippen molar-refractivity contribution in [2.24, 2.45) is 10.9 Å². The number of carbonyl (C=O) groups is 1. The lowest BCUT2D eigenvalue weighted by molar-refractivity contribution is -0.384. The van der Waals surface area contributed by atoms with Crippen LogP contribution in [0.4, 0.5) is 18.9 Å². The Labute approximate surface area is 190 Å². The molecule has 0 unspecified atom stereocenters. The van der Waals surface area contributed by atoms with Gasteiger partial charge in [0, 0.05) is 17.7 Å². The van der Waals surface area contributed by atoms with Gasteiger partial charge in [0.15, 0.2) is 5.84 Å². The number of alkyl halides is 3. The first-order valence-electron chi connectivity index (χ1n) is 9.41. The molecular formula is C22H16F3N3O6. The predicted molar refractivity (Wildman–Crippen MR) is 114 cm³/mol. The van der Waals surface area contributed by atoms with E-state index in [1.54, 1.807) is 24.3 Å². The molecule has 0 saturated carbocycles. The molecular weight excluding hydrogens is 459 g/mol. The Bertz CT molecular complexity index is 1230. The van der Waals surface area contributed by atoms with Crippen LogP contribution >= 0.6 is 0 Å². The standard InChI is InChI=1S/C22H16F3N3O6/c1-32-16-7-9-17(10-8-16)33-19-11-6-15(28(30)31)12-18(19)21(29)34-27-20(26)13-2-4-14(5-3-13)22(23,24)25/h2-12H,1H3,(H2,26,27). The fraction of sp³-hybridized carbons (Fsp3) is 0.0909. The molecule has 176 valence electrons. The molecule has 0 spiro atoms. The van der Waals surface area contributed by atoms with E-state index < -0.39 is 28.3 Å². The smallest absolute Gasteiger partial charge is 0.416 e. The number of methoxy groups -OCH3 is 1. The summed E-state index contributed by atoms with van der Waals surface area (Å²) in [5.74, 6) is -0.725. The summed E-state index contributed by atoms with van der Waals surface area (Å²) in [6.07, 6.45) is -4.53. The van der Waals surface area contributed by atoms with E-state index in [0.717, 1.165) is 36.4 Å². The zero-order valence-corrected chi connectivity index (χ0v) is 17.4. The molecule has 9 nitrogen and oxygen atoms in total. The lowest BCUT2D eigenvalue weighted by Gasteiger charge is -2.10. The van der Waals surface area contributed by atoms with Gasteiger partial charge in [-0.2, -0.15) is 13.2 Å². The quantitative estimate of drug-likeness (QED) is 0.169. The number of amidine groups is 1. The molecule has 0 aromatic heterocycles. The summed E-state index contributed by atoms with van der Waals surface area (Å²) in [5, 5.41) is 14.6. The summed E-state index contributed by atoms with van der Waals surface area (Å²) in [5.41, 5.74) is 4.13. The number of nitrogens with zero attached hydrogens (tertiary/aromatic N) is 2. The molecule has 0 fully saturated rings. The van der Waals surface area contributed by atoms with E-state index in [0.29, 0.717) is 11.5 Å². The molecule has 0 radical (unpaired) electrons. The minimum atomic E-state index is -4.53. The zero-order chi connectivity index (χ0) is 24.9. The third-order valence-electron chi connectivity index (χ3n) is 4.42. The molecule has 2 N–H and O–H groups in total. The number of halogens is 3. The number of carbonyl (C=O) groups excluding carboxylic acids is 1. The van der Waals surface area contributed by atoms with Gasteiger partial charge in [0.25, 0.3) is 5.69 Å². The number of hydrogen-bond donors (Lipinski definition) is 1. The van der Waals surface area contributed by atoms with Crippen LogP contribution in [-0.4, -0.2) is 23.8 Å². The average molecular weight is 475 g/mol.